The maximum absolute atomic E-state index is 11.6. The van der Waals surface area contributed by atoms with Crippen LogP contribution in [0.15, 0.2) is 4.99 Å². The average molecular weight is 228 g/mol. The molecule has 0 saturated heterocycles. The number of carbonyl (C=O) groups is 1. The van der Waals surface area contributed by atoms with Crippen molar-refractivity contribution in [3.8, 4) is 0 Å². The van der Waals surface area contributed by atoms with Gasteiger partial charge in [-0.15, -0.1) is 0 Å². The number of hydrogen-bond acceptors (Lipinski definition) is 2. The van der Waals surface area contributed by atoms with Crippen LogP contribution in [-0.2, 0) is 4.79 Å². The molecule has 0 aromatic rings. The molecule has 0 aliphatic heterocycles. The molecule has 0 saturated carbocycles. The summed E-state index contributed by atoms with van der Waals surface area (Å²) in [4.78, 5) is 19.9. The first kappa shape index (κ1) is 14.7. The summed E-state index contributed by atoms with van der Waals surface area (Å²) in [6.07, 6.45) is 0. The highest BCUT2D eigenvalue weighted by Gasteiger charge is 2.26. The smallest absolute Gasteiger partial charge is 0.227 e. The van der Waals surface area contributed by atoms with Gasteiger partial charge in [-0.2, -0.15) is 0 Å². The Kier molecular flexibility index (Phi) is 5.27. The molecule has 0 radical (unpaired) electrons. The molecular formula is C11H24N4O. The van der Waals surface area contributed by atoms with Crippen LogP contribution < -0.4 is 5.32 Å². The summed E-state index contributed by atoms with van der Waals surface area (Å²) in [6.45, 7) is 4.24. The van der Waals surface area contributed by atoms with Crippen LogP contribution >= 0.6 is 0 Å². The number of nitrogens with one attached hydrogen (secondary N) is 1. The van der Waals surface area contributed by atoms with E-state index >= 15 is 0 Å². The van der Waals surface area contributed by atoms with E-state index in [1.807, 2.05) is 51.8 Å². The summed E-state index contributed by atoms with van der Waals surface area (Å²) in [5.74, 6) is 0.866. The standard InChI is InChI=1S/C11H24N4O/c1-11(2,9(16)12-3)8-13-10(14(4)5)15(6)7/h8H2,1-7H3,(H,12,16). The van der Waals surface area contributed by atoms with Crippen LogP contribution in [0.5, 0.6) is 0 Å². The first-order valence-electron chi connectivity index (χ1n) is 5.33. The molecule has 16 heavy (non-hydrogen) atoms. The van der Waals surface area contributed by atoms with Gasteiger partial charge in [0.25, 0.3) is 0 Å². The van der Waals surface area contributed by atoms with E-state index in [1.54, 1.807) is 7.05 Å². The van der Waals surface area contributed by atoms with E-state index in [0.29, 0.717) is 6.54 Å². The molecule has 1 amide bonds. The fraction of sp³-hybridized carbons (Fsp3) is 0.818. The third-order valence-corrected chi connectivity index (χ3v) is 2.26. The molecule has 0 aromatic carbocycles. The maximum atomic E-state index is 11.6. The number of guanidine groups is 1. The van der Waals surface area contributed by atoms with E-state index in [-0.39, 0.29) is 5.91 Å². The normalized spacial score (nSPS) is 10.7. The zero-order valence-electron chi connectivity index (χ0n) is 11.5. The van der Waals surface area contributed by atoms with E-state index in [0.717, 1.165) is 5.96 Å². The summed E-state index contributed by atoms with van der Waals surface area (Å²) in [6, 6.07) is 0. The van der Waals surface area contributed by atoms with Crippen molar-refractivity contribution in [1.82, 2.24) is 15.1 Å². The van der Waals surface area contributed by atoms with Gasteiger partial charge >= 0.3 is 0 Å². The van der Waals surface area contributed by atoms with Gasteiger partial charge in [0.1, 0.15) is 0 Å². The van der Waals surface area contributed by atoms with E-state index in [4.69, 9.17) is 0 Å². The Morgan fingerprint density at radius 2 is 1.62 bits per heavy atom. The fourth-order valence-corrected chi connectivity index (χ4v) is 1.36. The van der Waals surface area contributed by atoms with Gasteiger partial charge in [-0.05, 0) is 13.8 Å². The molecule has 0 aliphatic rings. The molecule has 0 heterocycles. The number of rotatable bonds is 3. The molecule has 5 nitrogen and oxygen atoms in total. The summed E-state index contributed by atoms with van der Waals surface area (Å²) in [5.41, 5.74) is -0.480. The monoisotopic (exact) mass is 228 g/mol. The predicted molar refractivity (Wildman–Crippen MR) is 67.5 cm³/mol. The average Bonchev–Trinajstić information content (AvgIpc) is 2.15. The summed E-state index contributed by atoms with van der Waals surface area (Å²) >= 11 is 0. The molecule has 0 aromatic heterocycles. The SMILES string of the molecule is CNC(=O)C(C)(C)CN=C(N(C)C)N(C)C. The first-order valence-corrected chi connectivity index (χ1v) is 5.33. The predicted octanol–water partition coefficient (Wildman–Crippen LogP) is 0.238. The zero-order chi connectivity index (χ0) is 12.9. The topological polar surface area (TPSA) is 47.9 Å². The van der Waals surface area contributed by atoms with E-state index < -0.39 is 5.41 Å². The van der Waals surface area contributed by atoms with E-state index in [1.165, 1.54) is 0 Å². The lowest BCUT2D eigenvalue weighted by Crippen LogP contribution is -2.40. The number of nitrogens with zero attached hydrogens (tertiary/aromatic N) is 3. The van der Waals surface area contributed by atoms with Crippen molar-refractivity contribution in [2.75, 3.05) is 41.8 Å². The Bertz CT molecular complexity index is 259. The van der Waals surface area contributed by atoms with Crippen LogP contribution in [-0.4, -0.2) is 63.4 Å². The van der Waals surface area contributed by atoms with Gasteiger partial charge in [0, 0.05) is 35.2 Å². The molecule has 0 aliphatic carbocycles. The van der Waals surface area contributed by atoms with Crippen LogP contribution in [0.4, 0.5) is 0 Å². The maximum Gasteiger partial charge on any atom is 0.227 e. The third-order valence-electron chi connectivity index (χ3n) is 2.26. The van der Waals surface area contributed by atoms with Gasteiger partial charge in [-0.3, -0.25) is 9.79 Å². The summed E-state index contributed by atoms with van der Waals surface area (Å²) in [7, 11) is 9.39. The largest absolute Gasteiger partial charge is 0.359 e. The van der Waals surface area contributed by atoms with Crippen molar-refractivity contribution < 1.29 is 4.79 Å². The highest BCUT2D eigenvalue weighted by Crippen LogP contribution is 2.15. The molecule has 0 unspecified atom stereocenters. The zero-order valence-corrected chi connectivity index (χ0v) is 11.5. The second-order valence-corrected chi connectivity index (χ2v) is 4.87. The Labute approximate surface area is 98.5 Å². The van der Waals surface area contributed by atoms with Gasteiger partial charge in [-0.1, -0.05) is 0 Å². The Morgan fingerprint density at radius 1 is 1.19 bits per heavy atom. The molecule has 0 fully saturated rings. The summed E-state index contributed by atoms with van der Waals surface area (Å²) in [5, 5.41) is 2.65. The van der Waals surface area contributed by atoms with Crippen molar-refractivity contribution in [1.29, 1.82) is 0 Å². The highest BCUT2D eigenvalue weighted by molar-refractivity contribution is 5.83. The lowest BCUT2D eigenvalue weighted by atomic mass is 9.93. The Balaban J connectivity index is 4.72. The number of amides is 1. The molecule has 0 spiro atoms. The number of aliphatic imine (C=N–C) groups is 1. The molecule has 94 valence electrons. The van der Waals surface area contributed by atoms with Gasteiger partial charge in [-0.25, -0.2) is 0 Å². The third kappa shape index (κ3) is 4.08. The van der Waals surface area contributed by atoms with Crippen LogP contribution in [0.3, 0.4) is 0 Å². The minimum atomic E-state index is -0.480. The van der Waals surface area contributed by atoms with Crippen molar-refractivity contribution in [2.45, 2.75) is 13.8 Å². The van der Waals surface area contributed by atoms with Crippen LogP contribution in [0.1, 0.15) is 13.8 Å². The van der Waals surface area contributed by atoms with Gasteiger partial charge in [0.15, 0.2) is 5.96 Å². The minimum Gasteiger partial charge on any atom is -0.359 e. The quantitative estimate of drug-likeness (QED) is 0.556. The van der Waals surface area contributed by atoms with E-state index in [9.17, 15) is 4.79 Å². The van der Waals surface area contributed by atoms with Gasteiger partial charge in [0.2, 0.25) is 5.91 Å². The number of hydrogen-bond donors (Lipinski definition) is 1. The summed E-state index contributed by atoms with van der Waals surface area (Å²) < 4.78 is 0. The van der Waals surface area contributed by atoms with E-state index in [2.05, 4.69) is 10.3 Å². The molecule has 5 heteroatoms. The second kappa shape index (κ2) is 5.72. The highest BCUT2D eigenvalue weighted by atomic mass is 16.2. The Morgan fingerprint density at radius 3 is 1.94 bits per heavy atom. The van der Waals surface area contributed by atoms with Crippen molar-refractivity contribution in [3.63, 3.8) is 0 Å². The van der Waals surface area contributed by atoms with Crippen molar-refractivity contribution in [2.24, 2.45) is 10.4 Å². The van der Waals surface area contributed by atoms with Gasteiger partial charge in [0.05, 0.1) is 12.0 Å². The van der Waals surface area contributed by atoms with Crippen molar-refractivity contribution >= 4 is 11.9 Å². The Hall–Kier alpha value is -1.26. The second-order valence-electron chi connectivity index (χ2n) is 4.87. The van der Waals surface area contributed by atoms with Crippen LogP contribution in [0.2, 0.25) is 0 Å². The molecule has 0 bridgehead atoms. The molecule has 0 atom stereocenters. The lowest BCUT2D eigenvalue weighted by Gasteiger charge is -2.25. The first-order chi connectivity index (χ1) is 7.22. The minimum absolute atomic E-state index is 0.00751. The van der Waals surface area contributed by atoms with Gasteiger partial charge < -0.3 is 15.1 Å². The van der Waals surface area contributed by atoms with Crippen LogP contribution in [0, 0.1) is 5.41 Å². The molecule has 0 rings (SSSR count). The van der Waals surface area contributed by atoms with Crippen molar-refractivity contribution in [3.05, 3.63) is 0 Å². The molecule has 1 N–H and O–H groups in total. The fourth-order valence-electron chi connectivity index (χ4n) is 1.36. The lowest BCUT2D eigenvalue weighted by molar-refractivity contribution is -0.128. The molecular weight excluding hydrogens is 204 g/mol. The number of carbonyl (C=O) groups excluding carboxylic acids is 1. The van der Waals surface area contributed by atoms with Crippen LogP contribution in [0.25, 0.3) is 0 Å².